The molecule has 118 valence electrons. The number of benzene rings is 1. The predicted molar refractivity (Wildman–Crippen MR) is 89.4 cm³/mol. The maximum absolute atomic E-state index is 11.9. The minimum absolute atomic E-state index is 0.194. The van der Waals surface area contributed by atoms with Crippen LogP contribution in [0.25, 0.3) is 0 Å². The average molecular weight is 329 g/mol. The number of hydrogen-bond acceptors (Lipinski definition) is 4. The Morgan fingerprint density at radius 1 is 1.17 bits per heavy atom. The Kier molecular flexibility index (Phi) is 5.76. The summed E-state index contributed by atoms with van der Waals surface area (Å²) in [5.41, 5.74) is 1.32. The van der Waals surface area contributed by atoms with Crippen molar-refractivity contribution in [3.8, 4) is 0 Å². The van der Waals surface area contributed by atoms with Gasteiger partial charge >= 0.3 is 5.97 Å². The van der Waals surface area contributed by atoms with Gasteiger partial charge in [0.05, 0.1) is 5.56 Å². The molecule has 0 radical (unpaired) electrons. The van der Waals surface area contributed by atoms with Crippen molar-refractivity contribution in [2.24, 2.45) is 0 Å². The molecule has 1 heterocycles. The summed E-state index contributed by atoms with van der Waals surface area (Å²) >= 11 is 5.06. The van der Waals surface area contributed by atoms with Crippen LogP contribution in [0.15, 0.2) is 48.8 Å². The number of carbonyl (C=O) groups is 2. The molecule has 0 fully saturated rings. The normalized spacial score (nSPS) is 9.91. The van der Waals surface area contributed by atoms with E-state index in [1.165, 1.54) is 18.5 Å². The first-order valence-corrected chi connectivity index (χ1v) is 7.29. The number of pyridine rings is 1. The number of rotatable bonds is 5. The van der Waals surface area contributed by atoms with Gasteiger partial charge in [-0.1, -0.05) is 18.2 Å². The summed E-state index contributed by atoms with van der Waals surface area (Å²) in [7, 11) is 0. The van der Waals surface area contributed by atoms with Crippen LogP contribution in [0, 0.1) is 0 Å². The average Bonchev–Trinajstić information content (AvgIpc) is 2.56. The highest BCUT2D eigenvalue weighted by molar-refractivity contribution is 7.80. The van der Waals surface area contributed by atoms with E-state index in [-0.39, 0.29) is 16.6 Å². The standard InChI is InChI=1S/C16H15N3O3S/c20-14(11-4-2-1-3-5-11)19-16(23)18-9-6-12-10-17-8-7-13(12)15(21)22/h1-5,7-8,10H,6,9H2,(H,21,22)(H2,18,19,20,23). The van der Waals surface area contributed by atoms with E-state index in [1.807, 2.05) is 6.07 Å². The Morgan fingerprint density at radius 3 is 2.61 bits per heavy atom. The van der Waals surface area contributed by atoms with E-state index in [9.17, 15) is 9.59 Å². The molecular formula is C16H15N3O3S. The van der Waals surface area contributed by atoms with E-state index in [1.54, 1.807) is 24.3 Å². The number of carboxylic acids is 1. The molecule has 1 aromatic heterocycles. The third-order valence-corrected chi connectivity index (χ3v) is 3.32. The van der Waals surface area contributed by atoms with Crippen LogP contribution < -0.4 is 10.6 Å². The Balaban J connectivity index is 1.84. The van der Waals surface area contributed by atoms with Gasteiger partial charge in [0.2, 0.25) is 0 Å². The maximum atomic E-state index is 11.9. The highest BCUT2D eigenvalue weighted by Crippen LogP contribution is 2.07. The van der Waals surface area contributed by atoms with Gasteiger partial charge in [-0.2, -0.15) is 0 Å². The fraction of sp³-hybridized carbons (Fsp3) is 0.125. The number of nitrogens with one attached hydrogen (secondary N) is 2. The van der Waals surface area contributed by atoms with E-state index in [0.29, 0.717) is 24.1 Å². The fourth-order valence-electron chi connectivity index (χ4n) is 1.95. The molecule has 1 amide bonds. The number of hydrogen-bond donors (Lipinski definition) is 3. The molecular weight excluding hydrogens is 314 g/mol. The third kappa shape index (κ3) is 4.86. The maximum Gasteiger partial charge on any atom is 0.336 e. The Labute approximate surface area is 138 Å². The Morgan fingerprint density at radius 2 is 1.91 bits per heavy atom. The van der Waals surface area contributed by atoms with Crippen LogP contribution in [-0.4, -0.2) is 33.6 Å². The SMILES string of the molecule is O=C(NC(=S)NCCc1cnccc1C(=O)O)c1ccccc1. The summed E-state index contributed by atoms with van der Waals surface area (Å²) in [5.74, 6) is -1.29. The van der Waals surface area contributed by atoms with Gasteiger partial charge in [-0.15, -0.1) is 0 Å². The second-order valence-electron chi connectivity index (χ2n) is 4.66. The van der Waals surface area contributed by atoms with Gasteiger partial charge in [0.15, 0.2) is 5.11 Å². The predicted octanol–water partition coefficient (Wildman–Crippen LogP) is 1.63. The molecule has 0 aliphatic carbocycles. The molecule has 0 spiro atoms. The summed E-state index contributed by atoms with van der Waals surface area (Å²) < 4.78 is 0. The number of carboxylic acid groups (broad SMARTS) is 1. The van der Waals surface area contributed by atoms with Gasteiger partial charge in [-0.25, -0.2) is 4.79 Å². The smallest absolute Gasteiger partial charge is 0.336 e. The van der Waals surface area contributed by atoms with Crippen molar-refractivity contribution in [2.45, 2.75) is 6.42 Å². The van der Waals surface area contributed by atoms with E-state index in [2.05, 4.69) is 15.6 Å². The van der Waals surface area contributed by atoms with Gasteiger partial charge < -0.3 is 10.4 Å². The zero-order valence-electron chi connectivity index (χ0n) is 12.2. The first-order valence-electron chi connectivity index (χ1n) is 6.88. The lowest BCUT2D eigenvalue weighted by molar-refractivity contribution is 0.0695. The van der Waals surface area contributed by atoms with E-state index in [4.69, 9.17) is 17.3 Å². The molecule has 0 aliphatic rings. The molecule has 6 nitrogen and oxygen atoms in total. The molecule has 0 aliphatic heterocycles. The zero-order chi connectivity index (χ0) is 16.7. The van der Waals surface area contributed by atoms with Crippen LogP contribution in [0.5, 0.6) is 0 Å². The van der Waals surface area contributed by atoms with Crippen molar-refractivity contribution < 1.29 is 14.7 Å². The van der Waals surface area contributed by atoms with Gasteiger partial charge in [-0.05, 0) is 42.4 Å². The summed E-state index contributed by atoms with van der Waals surface area (Å²) in [5, 5.41) is 14.7. The molecule has 2 rings (SSSR count). The summed E-state index contributed by atoms with van der Waals surface area (Å²) in [6.45, 7) is 0.389. The van der Waals surface area contributed by atoms with Crippen LogP contribution in [0.1, 0.15) is 26.3 Å². The number of thiocarbonyl (C=S) groups is 1. The molecule has 2 aromatic rings. The minimum atomic E-state index is -0.998. The van der Waals surface area contributed by atoms with E-state index >= 15 is 0 Å². The number of nitrogens with zero attached hydrogens (tertiary/aromatic N) is 1. The fourth-order valence-corrected chi connectivity index (χ4v) is 2.15. The molecule has 0 atom stereocenters. The van der Waals surface area contributed by atoms with E-state index in [0.717, 1.165) is 0 Å². The quantitative estimate of drug-likeness (QED) is 0.722. The summed E-state index contributed by atoms with van der Waals surface area (Å²) in [4.78, 5) is 26.9. The molecule has 0 saturated carbocycles. The molecule has 23 heavy (non-hydrogen) atoms. The molecule has 0 bridgehead atoms. The van der Waals surface area contributed by atoms with Gasteiger partial charge in [-0.3, -0.25) is 15.1 Å². The van der Waals surface area contributed by atoms with Crippen molar-refractivity contribution in [1.29, 1.82) is 0 Å². The van der Waals surface area contributed by atoms with Crippen molar-refractivity contribution in [3.63, 3.8) is 0 Å². The Bertz CT molecular complexity index is 720. The van der Waals surface area contributed by atoms with Crippen molar-refractivity contribution in [3.05, 3.63) is 65.5 Å². The number of amides is 1. The van der Waals surface area contributed by atoms with Crippen LogP contribution in [-0.2, 0) is 6.42 Å². The van der Waals surface area contributed by atoms with Crippen molar-refractivity contribution in [2.75, 3.05) is 6.54 Å². The third-order valence-electron chi connectivity index (χ3n) is 3.08. The van der Waals surface area contributed by atoms with Gasteiger partial charge in [0, 0.05) is 24.5 Å². The minimum Gasteiger partial charge on any atom is -0.478 e. The van der Waals surface area contributed by atoms with Crippen LogP contribution in [0.3, 0.4) is 0 Å². The van der Waals surface area contributed by atoms with E-state index < -0.39 is 5.97 Å². The number of carbonyl (C=O) groups excluding carboxylic acids is 1. The van der Waals surface area contributed by atoms with Crippen LogP contribution >= 0.6 is 12.2 Å². The van der Waals surface area contributed by atoms with Crippen molar-refractivity contribution in [1.82, 2.24) is 15.6 Å². The van der Waals surface area contributed by atoms with Crippen molar-refractivity contribution >= 4 is 29.2 Å². The van der Waals surface area contributed by atoms with Gasteiger partial charge in [0.25, 0.3) is 5.91 Å². The highest BCUT2D eigenvalue weighted by atomic mass is 32.1. The number of aromatic nitrogens is 1. The topological polar surface area (TPSA) is 91.3 Å². The second-order valence-corrected chi connectivity index (χ2v) is 5.07. The summed E-state index contributed by atoms with van der Waals surface area (Å²) in [6, 6.07) is 10.2. The van der Waals surface area contributed by atoms with Gasteiger partial charge in [0.1, 0.15) is 0 Å². The zero-order valence-corrected chi connectivity index (χ0v) is 13.0. The molecule has 1 aromatic carbocycles. The molecule has 0 unspecified atom stereocenters. The first-order chi connectivity index (χ1) is 11.1. The van der Waals surface area contributed by atoms with Crippen LogP contribution in [0.2, 0.25) is 0 Å². The monoisotopic (exact) mass is 329 g/mol. The van der Waals surface area contributed by atoms with Crippen LogP contribution in [0.4, 0.5) is 0 Å². The summed E-state index contributed by atoms with van der Waals surface area (Å²) in [6.07, 6.45) is 3.37. The molecule has 3 N–H and O–H groups in total. The highest BCUT2D eigenvalue weighted by Gasteiger charge is 2.10. The molecule has 0 saturated heterocycles. The lowest BCUT2D eigenvalue weighted by Gasteiger charge is -2.10. The number of aromatic carboxylic acids is 1. The lowest BCUT2D eigenvalue weighted by Crippen LogP contribution is -2.40. The Hall–Kier alpha value is -2.80. The first kappa shape index (κ1) is 16.6. The lowest BCUT2D eigenvalue weighted by atomic mass is 10.1. The second kappa shape index (κ2) is 8.00. The molecule has 7 heteroatoms. The largest absolute Gasteiger partial charge is 0.478 e.